The van der Waals surface area contributed by atoms with Crippen LogP contribution in [0, 0.1) is 0 Å². The SMILES string of the molecule is CC(=O)c1ccc(-c2ccccc2)c(Oc2ccccc2)c1C(C)=O. The maximum atomic E-state index is 12.3. The van der Waals surface area contributed by atoms with Crippen LogP contribution in [0.15, 0.2) is 72.8 Å². The van der Waals surface area contributed by atoms with E-state index < -0.39 is 0 Å². The first-order valence-corrected chi connectivity index (χ1v) is 8.05. The van der Waals surface area contributed by atoms with Gasteiger partial charge in [0.05, 0.1) is 5.56 Å². The number of ether oxygens (including phenoxy) is 1. The van der Waals surface area contributed by atoms with E-state index >= 15 is 0 Å². The summed E-state index contributed by atoms with van der Waals surface area (Å²) in [4.78, 5) is 24.3. The molecule has 124 valence electrons. The molecule has 3 aromatic rings. The lowest BCUT2D eigenvalue weighted by atomic mass is 9.93. The third kappa shape index (κ3) is 3.50. The number of rotatable bonds is 5. The van der Waals surface area contributed by atoms with Crippen molar-refractivity contribution in [2.24, 2.45) is 0 Å². The van der Waals surface area contributed by atoms with Gasteiger partial charge in [-0.25, -0.2) is 0 Å². The second-order valence-corrected chi connectivity index (χ2v) is 5.76. The van der Waals surface area contributed by atoms with E-state index in [0.29, 0.717) is 22.6 Å². The molecular weight excluding hydrogens is 312 g/mol. The number of Topliss-reactive ketones (excluding diaryl/α,β-unsaturated/α-hetero) is 2. The number of hydrogen-bond acceptors (Lipinski definition) is 3. The summed E-state index contributed by atoms with van der Waals surface area (Å²) in [6, 6.07) is 22.4. The van der Waals surface area contributed by atoms with Gasteiger partial charge in [-0.05, 0) is 43.7 Å². The van der Waals surface area contributed by atoms with Gasteiger partial charge < -0.3 is 4.74 Å². The number of carbonyl (C=O) groups excluding carboxylic acids is 2. The lowest BCUT2D eigenvalue weighted by Gasteiger charge is -2.17. The molecule has 0 amide bonds. The van der Waals surface area contributed by atoms with Crippen LogP contribution in [0.1, 0.15) is 34.6 Å². The van der Waals surface area contributed by atoms with Gasteiger partial charge in [-0.15, -0.1) is 0 Å². The summed E-state index contributed by atoms with van der Waals surface area (Å²) >= 11 is 0. The predicted octanol–water partition coefficient (Wildman–Crippen LogP) is 5.55. The lowest BCUT2D eigenvalue weighted by Crippen LogP contribution is -2.07. The Balaban J connectivity index is 2.27. The average Bonchev–Trinajstić information content (AvgIpc) is 2.62. The summed E-state index contributed by atoms with van der Waals surface area (Å²) in [5.41, 5.74) is 2.39. The summed E-state index contributed by atoms with van der Waals surface area (Å²) in [7, 11) is 0. The van der Waals surface area contributed by atoms with Gasteiger partial charge >= 0.3 is 0 Å². The van der Waals surface area contributed by atoms with Crippen molar-refractivity contribution in [3.8, 4) is 22.6 Å². The Bertz CT molecular complexity index is 913. The Hall–Kier alpha value is -3.20. The van der Waals surface area contributed by atoms with E-state index in [-0.39, 0.29) is 11.6 Å². The van der Waals surface area contributed by atoms with Crippen LogP contribution in [0.4, 0.5) is 0 Å². The zero-order valence-electron chi connectivity index (χ0n) is 14.2. The largest absolute Gasteiger partial charge is 0.456 e. The Kier molecular flexibility index (Phi) is 4.75. The molecule has 0 heterocycles. The molecule has 0 aliphatic rings. The number of ketones is 2. The van der Waals surface area contributed by atoms with E-state index in [0.717, 1.165) is 11.1 Å². The maximum absolute atomic E-state index is 12.3. The van der Waals surface area contributed by atoms with Gasteiger partial charge in [0.2, 0.25) is 0 Å². The van der Waals surface area contributed by atoms with Crippen LogP contribution in [0.2, 0.25) is 0 Å². The Morgan fingerprint density at radius 1 is 0.720 bits per heavy atom. The molecule has 0 aromatic heterocycles. The third-order valence-corrected chi connectivity index (χ3v) is 3.94. The smallest absolute Gasteiger partial charge is 0.164 e. The molecule has 3 rings (SSSR count). The van der Waals surface area contributed by atoms with Crippen molar-refractivity contribution in [2.75, 3.05) is 0 Å². The standard InChI is InChI=1S/C22H18O3/c1-15(23)19-13-14-20(17-9-5-3-6-10-17)22(21(19)16(2)24)25-18-11-7-4-8-12-18/h3-14H,1-2H3. The van der Waals surface area contributed by atoms with E-state index in [1.165, 1.54) is 13.8 Å². The lowest BCUT2D eigenvalue weighted by molar-refractivity contribution is 0.0979. The zero-order chi connectivity index (χ0) is 17.8. The van der Waals surface area contributed by atoms with Crippen LogP contribution >= 0.6 is 0 Å². The zero-order valence-corrected chi connectivity index (χ0v) is 14.2. The van der Waals surface area contributed by atoms with Crippen molar-refractivity contribution < 1.29 is 14.3 Å². The molecule has 0 N–H and O–H groups in total. The second kappa shape index (κ2) is 7.14. The van der Waals surface area contributed by atoms with Crippen LogP contribution in [0.25, 0.3) is 11.1 Å². The van der Waals surface area contributed by atoms with Crippen LogP contribution in [0.3, 0.4) is 0 Å². The van der Waals surface area contributed by atoms with Crippen molar-refractivity contribution in [3.63, 3.8) is 0 Å². The molecule has 3 nitrogen and oxygen atoms in total. The van der Waals surface area contributed by atoms with Crippen molar-refractivity contribution in [1.29, 1.82) is 0 Å². The summed E-state index contributed by atoms with van der Waals surface area (Å²) in [6.45, 7) is 2.91. The van der Waals surface area contributed by atoms with Gasteiger partial charge in [0.15, 0.2) is 11.6 Å². The third-order valence-electron chi connectivity index (χ3n) is 3.94. The molecule has 3 aromatic carbocycles. The molecule has 0 saturated carbocycles. The summed E-state index contributed by atoms with van der Waals surface area (Å²) in [5, 5.41) is 0. The van der Waals surface area contributed by atoms with Crippen LogP contribution in [-0.4, -0.2) is 11.6 Å². The highest BCUT2D eigenvalue weighted by Gasteiger charge is 2.22. The van der Waals surface area contributed by atoms with Crippen molar-refractivity contribution in [2.45, 2.75) is 13.8 Å². The molecule has 3 heteroatoms. The van der Waals surface area contributed by atoms with Crippen LogP contribution in [0.5, 0.6) is 11.5 Å². The molecule has 0 fully saturated rings. The fourth-order valence-electron chi connectivity index (χ4n) is 2.78. The van der Waals surface area contributed by atoms with E-state index in [4.69, 9.17) is 4.74 Å². The van der Waals surface area contributed by atoms with Gasteiger partial charge in [0.25, 0.3) is 0 Å². The molecule has 25 heavy (non-hydrogen) atoms. The normalized spacial score (nSPS) is 10.3. The van der Waals surface area contributed by atoms with Gasteiger partial charge in [-0.2, -0.15) is 0 Å². The van der Waals surface area contributed by atoms with Gasteiger partial charge in [0.1, 0.15) is 11.5 Å². The highest BCUT2D eigenvalue weighted by atomic mass is 16.5. The van der Waals surface area contributed by atoms with E-state index in [1.54, 1.807) is 6.07 Å². The maximum Gasteiger partial charge on any atom is 0.164 e. The fourth-order valence-corrected chi connectivity index (χ4v) is 2.78. The fraction of sp³-hybridized carbons (Fsp3) is 0.0909. The molecular formula is C22H18O3. The van der Waals surface area contributed by atoms with Gasteiger partial charge in [-0.1, -0.05) is 48.5 Å². The number of hydrogen-bond donors (Lipinski definition) is 0. The molecule has 0 saturated heterocycles. The van der Waals surface area contributed by atoms with Crippen molar-refractivity contribution in [3.05, 3.63) is 83.9 Å². The highest BCUT2D eigenvalue weighted by molar-refractivity contribution is 6.10. The predicted molar refractivity (Wildman–Crippen MR) is 98.4 cm³/mol. The first-order chi connectivity index (χ1) is 12.1. The first kappa shape index (κ1) is 16.7. The molecule has 0 spiro atoms. The van der Waals surface area contributed by atoms with Gasteiger partial charge in [-0.3, -0.25) is 9.59 Å². The minimum absolute atomic E-state index is 0.164. The number of para-hydroxylation sites is 1. The topological polar surface area (TPSA) is 43.4 Å². The minimum atomic E-state index is -0.200. The van der Waals surface area contributed by atoms with Crippen molar-refractivity contribution >= 4 is 11.6 Å². The molecule has 0 radical (unpaired) electrons. The summed E-state index contributed by atoms with van der Waals surface area (Å²) in [6.07, 6.45) is 0. The van der Waals surface area contributed by atoms with E-state index in [9.17, 15) is 9.59 Å². The molecule has 0 atom stereocenters. The van der Waals surface area contributed by atoms with Crippen molar-refractivity contribution in [1.82, 2.24) is 0 Å². The second-order valence-electron chi connectivity index (χ2n) is 5.76. The Labute approximate surface area is 146 Å². The van der Waals surface area contributed by atoms with E-state index in [2.05, 4.69) is 0 Å². The number of carbonyl (C=O) groups is 2. The monoisotopic (exact) mass is 330 g/mol. The minimum Gasteiger partial charge on any atom is -0.456 e. The highest BCUT2D eigenvalue weighted by Crippen LogP contribution is 2.38. The molecule has 0 bridgehead atoms. The van der Waals surface area contributed by atoms with E-state index in [1.807, 2.05) is 66.7 Å². The first-order valence-electron chi connectivity index (χ1n) is 8.05. The van der Waals surface area contributed by atoms with Crippen LogP contribution in [-0.2, 0) is 0 Å². The molecule has 0 unspecified atom stereocenters. The number of benzene rings is 3. The van der Waals surface area contributed by atoms with Crippen LogP contribution < -0.4 is 4.74 Å². The van der Waals surface area contributed by atoms with Gasteiger partial charge in [0, 0.05) is 11.1 Å². The quantitative estimate of drug-likeness (QED) is 0.576. The Morgan fingerprint density at radius 3 is 1.88 bits per heavy atom. The molecule has 0 aliphatic heterocycles. The molecule has 0 aliphatic carbocycles. The summed E-state index contributed by atoms with van der Waals surface area (Å²) < 4.78 is 6.07. The average molecular weight is 330 g/mol. The summed E-state index contributed by atoms with van der Waals surface area (Å²) in [5.74, 6) is 0.664. The Morgan fingerprint density at radius 2 is 1.32 bits per heavy atom.